The minimum absolute atomic E-state index is 0.312. The monoisotopic (exact) mass is 179 g/mol. The van der Waals surface area contributed by atoms with Gasteiger partial charge in [-0.2, -0.15) is 0 Å². The van der Waals surface area contributed by atoms with E-state index < -0.39 is 0 Å². The summed E-state index contributed by atoms with van der Waals surface area (Å²) in [7, 11) is 0. The number of anilines is 1. The largest absolute Gasteiger partial charge is 0.508 e. The zero-order valence-electron chi connectivity index (χ0n) is 8.52. The van der Waals surface area contributed by atoms with Crippen LogP contribution in [0.5, 0.6) is 5.75 Å². The van der Waals surface area contributed by atoms with Crippen molar-refractivity contribution >= 4 is 5.69 Å². The Labute approximate surface area is 79.4 Å². The van der Waals surface area contributed by atoms with Gasteiger partial charge in [0.2, 0.25) is 0 Å². The molecule has 72 valence electrons. The fraction of sp³-hybridized carbons (Fsp3) is 0.455. The molecule has 0 aliphatic heterocycles. The summed E-state index contributed by atoms with van der Waals surface area (Å²) in [5.41, 5.74) is 9.79. The first-order chi connectivity index (χ1) is 6.11. The topological polar surface area (TPSA) is 46.2 Å². The lowest BCUT2D eigenvalue weighted by atomic mass is 9.97. The lowest BCUT2D eigenvalue weighted by Gasteiger charge is -2.13. The lowest BCUT2D eigenvalue weighted by Crippen LogP contribution is -2.01. The number of benzene rings is 1. The summed E-state index contributed by atoms with van der Waals surface area (Å²) in [6.07, 6.45) is 1.84. The Hall–Kier alpha value is -1.18. The van der Waals surface area contributed by atoms with Gasteiger partial charge in [0, 0.05) is 11.3 Å². The van der Waals surface area contributed by atoms with Crippen molar-refractivity contribution in [3.63, 3.8) is 0 Å². The summed E-state index contributed by atoms with van der Waals surface area (Å²) in [6.45, 7) is 6.01. The summed E-state index contributed by atoms with van der Waals surface area (Å²) < 4.78 is 0. The second-order valence-corrected chi connectivity index (χ2v) is 3.28. The third kappa shape index (κ3) is 1.62. The number of aromatic hydroxyl groups is 1. The van der Waals surface area contributed by atoms with Gasteiger partial charge in [-0.15, -0.1) is 0 Å². The molecule has 0 bridgehead atoms. The number of phenols is 1. The number of aryl methyl sites for hydroxylation is 1. The summed E-state index contributed by atoms with van der Waals surface area (Å²) in [4.78, 5) is 0. The molecule has 2 nitrogen and oxygen atoms in total. The molecule has 1 aromatic rings. The van der Waals surface area contributed by atoms with Crippen LogP contribution in [0, 0.1) is 6.92 Å². The standard InChI is InChI=1S/C11H17NO/c1-4-8-6-10(13)7(3)11(12)9(8)5-2/h6,13H,4-5,12H2,1-3H3. The van der Waals surface area contributed by atoms with Crippen LogP contribution in [0.4, 0.5) is 5.69 Å². The number of rotatable bonds is 2. The first-order valence-electron chi connectivity index (χ1n) is 4.71. The zero-order chi connectivity index (χ0) is 10.0. The van der Waals surface area contributed by atoms with Crippen LogP contribution in [-0.4, -0.2) is 5.11 Å². The van der Waals surface area contributed by atoms with Gasteiger partial charge in [0.25, 0.3) is 0 Å². The molecule has 0 fully saturated rings. The van der Waals surface area contributed by atoms with Crippen molar-refractivity contribution in [3.05, 3.63) is 22.8 Å². The van der Waals surface area contributed by atoms with Gasteiger partial charge >= 0.3 is 0 Å². The van der Waals surface area contributed by atoms with Gasteiger partial charge in [-0.1, -0.05) is 13.8 Å². The molecule has 0 aliphatic rings. The van der Waals surface area contributed by atoms with Crippen LogP contribution in [0.2, 0.25) is 0 Å². The molecule has 0 unspecified atom stereocenters. The SMILES string of the molecule is CCc1cc(O)c(C)c(N)c1CC. The van der Waals surface area contributed by atoms with Gasteiger partial charge in [0.15, 0.2) is 0 Å². The van der Waals surface area contributed by atoms with Crippen molar-refractivity contribution in [3.8, 4) is 5.75 Å². The minimum atomic E-state index is 0.312. The molecule has 0 aromatic heterocycles. The lowest BCUT2D eigenvalue weighted by molar-refractivity contribution is 0.470. The fourth-order valence-electron chi connectivity index (χ4n) is 1.63. The number of nitrogen functional groups attached to an aromatic ring is 1. The van der Waals surface area contributed by atoms with E-state index in [1.54, 1.807) is 0 Å². The van der Waals surface area contributed by atoms with Crippen LogP contribution < -0.4 is 5.73 Å². The second kappa shape index (κ2) is 3.69. The molecule has 0 spiro atoms. The third-order valence-corrected chi connectivity index (χ3v) is 2.55. The van der Waals surface area contributed by atoms with Gasteiger partial charge in [-0.25, -0.2) is 0 Å². The molecule has 0 atom stereocenters. The van der Waals surface area contributed by atoms with E-state index in [0.29, 0.717) is 5.75 Å². The predicted molar refractivity (Wildman–Crippen MR) is 56.0 cm³/mol. The van der Waals surface area contributed by atoms with E-state index in [1.165, 1.54) is 5.56 Å². The van der Waals surface area contributed by atoms with Crippen LogP contribution in [0.3, 0.4) is 0 Å². The van der Waals surface area contributed by atoms with Crippen LogP contribution in [0.25, 0.3) is 0 Å². The van der Waals surface area contributed by atoms with Crippen molar-refractivity contribution in [1.29, 1.82) is 0 Å². The van der Waals surface area contributed by atoms with E-state index in [1.807, 2.05) is 13.0 Å². The molecule has 0 aliphatic carbocycles. The van der Waals surface area contributed by atoms with Crippen molar-refractivity contribution in [1.82, 2.24) is 0 Å². The maximum Gasteiger partial charge on any atom is 0.120 e. The van der Waals surface area contributed by atoms with E-state index >= 15 is 0 Å². The Morgan fingerprint density at radius 1 is 1.31 bits per heavy atom. The Morgan fingerprint density at radius 2 is 1.92 bits per heavy atom. The molecule has 2 heteroatoms. The maximum atomic E-state index is 9.55. The molecule has 1 rings (SSSR count). The molecule has 3 N–H and O–H groups in total. The number of nitrogens with two attached hydrogens (primary N) is 1. The number of hydrogen-bond acceptors (Lipinski definition) is 2. The molecule has 0 saturated heterocycles. The van der Waals surface area contributed by atoms with Gasteiger partial charge in [0.05, 0.1) is 0 Å². The summed E-state index contributed by atoms with van der Waals surface area (Å²) in [5, 5.41) is 9.55. The molecule has 0 amide bonds. The second-order valence-electron chi connectivity index (χ2n) is 3.28. The normalized spacial score (nSPS) is 10.4. The number of hydrogen-bond donors (Lipinski definition) is 2. The first kappa shape index (κ1) is 9.90. The van der Waals surface area contributed by atoms with E-state index in [4.69, 9.17) is 5.73 Å². The maximum absolute atomic E-state index is 9.55. The van der Waals surface area contributed by atoms with Crippen LogP contribution >= 0.6 is 0 Å². The highest BCUT2D eigenvalue weighted by molar-refractivity contribution is 5.61. The fourth-order valence-corrected chi connectivity index (χ4v) is 1.63. The molecule has 0 heterocycles. The van der Waals surface area contributed by atoms with Crippen LogP contribution in [0.1, 0.15) is 30.5 Å². The van der Waals surface area contributed by atoms with E-state index in [0.717, 1.165) is 29.7 Å². The highest BCUT2D eigenvalue weighted by Gasteiger charge is 2.09. The molecular weight excluding hydrogens is 162 g/mol. The predicted octanol–water partition coefficient (Wildman–Crippen LogP) is 2.41. The first-order valence-corrected chi connectivity index (χ1v) is 4.71. The van der Waals surface area contributed by atoms with Gasteiger partial charge in [-0.05, 0) is 37.0 Å². The molecular formula is C11H17NO. The summed E-state index contributed by atoms with van der Waals surface area (Å²) >= 11 is 0. The average Bonchev–Trinajstić information content (AvgIpc) is 2.13. The summed E-state index contributed by atoms with van der Waals surface area (Å²) in [6, 6.07) is 1.82. The Bertz CT molecular complexity index is 318. The average molecular weight is 179 g/mol. The Kier molecular flexibility index (Phi) is 2.81. The van der Waals surface area contributed by atoms with Crippen molar-refractivity contribution in [2.75, 3.05) is 5.73 Å². The quantitative estimate of drug-likeness (QED) is 0.685. The highest BCUT2D eigenvalue weighted by Crippen LogP contribution is 2.30. The Morgan fingerprint density at radius 3 is 2.38 bits per heavy atom. The van der Waals surface area contributed by atoms with E-state index in [9.17, 15) is 5.11 Å². The third-order valence-electron chi connectivity index (χ3n) is 2.55. The van der Waals surface area contributed by atoms with E-state index in [2.05, 4.69) is 13.8 Å². The molecule has 1 aromatic carbocycles. The molecule has 13 heavy (non-hydrogen) atoms. The summed E-state index contributed by atoms with van der Waals surface area (Å²) in [5.74, 6) is 0.312. The minimum Gasteiger partial charge on any atom is -0.508 e. The smallest absolute Gasteiger partial charge is 0.120 e. The van der Waals surface area contributed by atoms with Crippen molar-refractivity contribution < 1.29 is 5.11 Å². The highest BCUT2D eigenvalue weighted by atomic mass is 16.3. The van der Waals surface area contributed by atoms with Crippen molar-refractivity contribution in [2.24, 2.45) is 0 Å². The molecule has 0 saturated carbocycles. The van der Waals surface area contributed by atoms with E-state index in [-0.39, 0.29) is 0 Å². The van der Waals surface area contributed by atoms with Gasteiger partial charge in [-0.3, -0.25) is 0 Å². The van der Waals surface area contributed by atoms with Crippen LogP contribution in [-0.2, 0) is 12.8 Å². The zero-order valence-corrected chi connectivity index (χ0v) is 8.52. The molecule has 0 radical (unpaired) electrons. The Balaban J connectivity index is 3.39. The van der Waals surface area contributed by atoms with Gasteiger partial charge in [0.1, 0.15) is 5.75 Å². The van der Waals surface area contributed by atoms with Crippen molar-refractivity contribution in [2.45, 2.75) is 33.6 Å². The number of phenolic OH excluding ortho intramolecular Hbond substituents is 1. The van der Waals surface area contributed by atoms with Crippen LogP contribution in [0.15, 0.2) is 6.07 Å². The van der Waals surface area contributed by atoms with Gasteiger partial charge < -0.3 is 10.8 Å².